The number of carbonyl (C=O) groups excluding carboxylic acids is 2. The van der Waals surface area contributed by atoms with Crippen LogP contribution in [0.5, 0.6) is 0 Å². The fourth-order valence-corrected chi connectivity index (χ4v) is 6.83. The first-order valence-electron chi connectivity index (χ1n) is 14.6. The monoisotopic (exact) mass is 737 g/mol. The number of ether oxygens (including phenoxy) is 2. The molecule has 0 N–H and O–H groups in total. The number of anilines is 1. The van der Waals surface area contributed by atoms with Gasteiger partial charge in [-0.15, -0.1) is 0 Å². The molecule has 0 fully saturated rings. The molecule has 0 saturated carbocycles. The van der Waals surface area contributed by atoms with Crippen LogP contribution in [0.3, 0.4) is 0 Å². The number of pyridine rings is 1. The highest BCUT2D eigenvalue weighted by Crippen LogP contribution is 2.50. The molecule has 0 radical (unpaired) electrons. The summed E-state index contributed by atoms with van der Waals surface area (Å²) in [6, 6.07) is 30.0. The summed E-state index contributed by atoms with van der Waals surface area (Å²) in [5.74, 6) is -1.87. The minimum atomic E-state index is -0.653. The summed E-state index contributed by atoms with van der Waals surface area (Å²) in [5.41, 5.74) is 7.88. The van der Waals surface area contributed by atoms with E-state index >= 15 is 0 Å². The number of fused-ring (bicyclic) bond motifs is 4. The second-order valence-electron chi connectivity index (χ2n) is 11.1. The molecule has 6 rings (SSSR count). The molecule has 5 aromatic rings. The largest absolute Gasteiger partial charge is 0.465 e. The summed E-state index contributed by atoms with van der Waals surface area (Å²) < 4.78 is 14.2. The second kappa shape index (κ2) is 13.1. The summed E-state index contributed by atoms with van der Waals surface area (Å²) >= 11 is 7.23. The minimum absolute atomic E-state index is 0.0871. The average Bonchev–Trinajstić information content (AvgIpc) is 3.37. The zero-order valence-corrected chi connectivity index (χ0v) is 28.9. The van der Waals surface area contributed by atoms with Gasteiger partial charge in [-0.05, 0) is 75.8 Å². The first-order valence-corrected chi connectivity index (χ1v) is 16.2. The van der Waals surface area contributed by atoms with Crippen molar-refractivity contribution in [1.29, 1.82) is 0 Å². The van der Waals surface area contributed by atoms with Crippen molar-refractivity contribution in [2.45, 2.75) is 5.92 Å². The van der Waals surface area contributed by atoms with Crippen LogP contribution < -0.4 is 9.47 Å². The maximum absolute atomic E-state index is 13.9. The Morgan fingerprint density at radius 3 is 1.96 bits per heavy atom. The lowest BCUT2D eigenvalue weighted by molar-refractivity contribution is -0.550. The van der Waals surface area contributed by atoms with E-state index in [9.17, 15) is 9.59 Å². The molecular formula is C38H31Br2N2O4+. The Labute approximate surface area is 284 Å². The molecule has 8 heteroatoms. The highest BCUT2D eigenvalue weighted by molar-refractivity contribution is 9.10. The lowest BCUT2D eigenvalue weighted by Crippen LogP contribution is -2.40. The third-order valence-electron chi connectivity index (χ3n) is 8.25. The molecule has 1 aliphatic rings. The van der Waals surface area contributed by atoms with E-state index in [4.69, 9.17) is 9.47 Å². The molecule has 0 aliphatic heterocycles. The Kier molecular flexibility index (Phi) is 8.93. The van der Waals surface area contributed by atoms with Gasteiger partial charge in [-0.3, -0.25) is 0 Å². The van der Waals surface area contributed by atoms with Crippen molar-refractivity contribution < 1.29 is 23.6 Å². The van der Waals surface area contributed by atoms with Crippen molar-refractivity contribution in [1.82, 2.24) is 0 Å². The van der Waals surface area contributed by atoms with E-state index in [1.807, 2.05) is 87.0 Å². The van der Waals surface area contributed by atoms with E-state index in [0.29, 0.717) is 0 Å². The summed E-state index contributed by atoms with van der Waals surface area (Å²) in [6.07, 6.45) is 5.92. The zero-order chi connectivity index (χ0) is 32.5. The third-order valence-corrected chi connectivity index (χ3v) is 9.24. The molecule has 1 aromatic heterocycles. The van der Waals surface area contributed by atoms with Crippen molar-refractivity contribution in [3.05, 3.63) is 134 Å². The number of hydrogen-bond acceptors (Lipinski definition) is 5. The Morgan fingerprint density at radius 2 is 1.37 bits per heavy atom. The normalized spacial score (nSPS) is 12.9. The van der Waals surface area contributed by atoms with Gasteiger partial charge in [-0.25, -0.2) is 9.59 Å². The summed E-state index contributed by atoms with van der Waals surface area (Å²) in [4.78, 5) is 29.8. The number of carbonyl (C=O) groups is 2. The van der Waals surface area contributed by atoms with Gasteiger partial charge >= 0.3 is 17.6 Å². The highest BCUT2D eigenvalue weighted by Gasteiger charge is 2.43. The van der Waals surface area contributed by atoms with Gasteiger partial charge in [-0.2, -0.15) is 4.57 Å². The van der Waals surface area contributed by atoms with Crippen LogP contribution in [0.1, 0.15) is 28.2 Å². The van der Waals surface area contributed by atoms with Crippen molar-refractivity contribution in [3.63, 3.8) is 0 Å². The van der Waals surface area contributed by atoms with Crippen molar-refractivity contribution in [2.24, 2.45) is 0 Å². The number of esters is 2. The van der Waals surface area contributed by atoms with Gasteiger partial charge in [0.15, 0.2) is 6.20 Å². The maximum Gasteiger partial charge on any atom is 0.404 e. The van der Waals surface area contributed by atoms with E-state index < -0.39 is 17.9 Å². The number of para-hydroxylation sites is 1. The number of nitrogens with zero attached hydrogens (tertiary/aromatic N) is 2. The number of benzene rings is 4. The summed E-state index contributed by atoms with van der Waals surface area (Å²) in [6.45, 7) is 0. The lowest BCUT2D eigenvalue weighted by atomic mass is 9.87. The van der Waals surface area contributed by atoms with Gasteiger partial charge in [0.2, 0.25) is 5.52 Å². The molecule has 0 atom stereocenters. The minimum Gasteiger partial charge on any atom is -0.465 e. The molecule has 6 nitrogen and oxygen atoms in total. The van der Waals surface area contributed by atoms with Gasteiger partial charge in [0.25, 0.3) is 0 Å². The maximum atomic E-state index is 13.9. The first kappa shape index (κ1) is 31.5. The number of methoxy groups -OCH3 is 2. The van der Waals surface area contributed by atoms with Gasteiger partial charge in [0, 0.05) is 46.8 Å². The van der Waals surface area contributed by atoms with Crippen LogP contribution in [0, 0.1) is 0 Å². The molecule has 1 aliphatic carbocycles. The average molecular weight is 739 g/mol. The fourth-order valence-electron chi connectivity index (χ4n) is 6.07. The predicted octanol–water partition coefficient (Wildman–Crippen LogP) is 8.26. The highest BCUT2D eigenvalue weighted by atomic mass is 79.9. The molecule has 4 aromatic carbocycles. The van der Waals surface area contributed by atoms with Crippen LogP contribution >= 0.6 is 31.9 Å². The smallest absolute Gasteiger partial charge is 0.404 e. The van der Waals surface area contributed by atoms with Crippen molar-refractivity contribution in [3.8, 4) is 11.1 Å². The molecule has 46 heavy (non-hydrogen) atoms. The molecule has 0 spiro atoms. The molecular weight excluding hydrogens is 708 g/mol. The number of halogens is 2. The molecule has 0 unspecified atom stereocenters. The topological polar surface area (TPSA) is 59.7 Å². The van der Waals surface area contributed by atoms with Crippen LogP contribution in [0.25, 0.3) is 39.9 Å². The van der Waals surface area contributed by atoms with Crippen LogP contribution in [-0.4, -0.2) is 40.3 Å². The van der Waals surface area contributed by atoms with Crippen molar-refractivity contribution >= 4 is 78.2 Å². The lowest BCUT2D eigenvalue weighted by Gasteiger charge is -2.18. The SMILES string of the molecule is COC(=O)/C(=C(/C(=O)OC)[n+]1ccc(/C=C/c2ccc(N(C)C)cc2)c2ccccc21)C1c2cc(Br)ccc2-c2ccc(Br)cc21. The van der Waals surface area contributed by atoms with E-state index in [0.717, 1.165) is 58.9 Å². The molecule has 230 valence electrons. The number of hydrogen-bond donors (Lipinski definition) is 0. The fraction of sp³-hybridized carbons (Fsp3) is 0.132. The van der Waals surface area contributed by atoms with Crippen LogP contribution in [-0.2, 0) is 19.1 Å². The Morgan fingerprint density at radius 1 is 0.761 bits per heavy atom. The molecule has 0 bridgehead atoms. The Bertz CT molecular complexity index is 2010. The van der Waals surface area contributed by atoms with E-state index in [1.165, 1.54) is 14.2 Å². The molecule has 0 saturated heterocycles. The van der Waals surface area contributed by atoms with Gasteiger partial charge in [0.05, 0.1) is 19.6 Å². The van der Waals surface area contributed by atoms with Gasteiger partial charge in [-0.1, -0.05) is 80.4 Å². The van der Waals surface area contributed by atoms with Crippen LogP contribution in [0.2, 0.25) is 0 Å². The second-order valence-corrected chi connectivity index (χ2v) is 13.0. The standard InChI is InChI=1S/C38H31Br2N2O4/c1-41(2)27-15-10-23(11-16-27)9-12-24-19-20-42(33-8-6-5-7-28(24)33)36(38(44)46-4)35(37(43)45-3)34-31-21-25(39)13-17-29(31)30-18-14-26(40)22-32(30)34/h5-22,34H,1-4H3/q+1/b36-35-. The van der Waals surface area contributed by atoms with Crippen LogP contribution in [0.4, 0.5) is 5.69 Å². The Balaban J connectivity index is 1.59. The first-order chi connectivity index (χ1) is 22.2. The van der Waals surface area contributed by atoms with E-state index in [1.54, 1.807) is 4.57 Å². The third kappa shape index (κ3) is 5.79. The Hall–Kier alpha value is -4.53. The number of rotatable bonds is 7. The molecule has 0 amide bonds. The predicted molar refractivity (Wildman–Crippen MR) is 190 cm³/mol. The quantitative estimate of drug-likeness (QED) is 0.0957. The van der Waals surface area contributed by atoms with E-state index in [2.05, 4.69) is 73.2 Å². The zero-order valence-electron chi connectivity index (χ0n) is 25.8. The summed E-state index contributed by atoms with van der Waals surface area (Å²) in [7, 11) is 6.68. The molecule has 1 heterocycles. The van der Waals surface area contributed by atoms with Gasteiger partial charge < -0.3 is 14.4 Å². The van der Waals surface area contributed by atoms with Gasteiger partial charge in [0.1, 0.15) is 5.57 Å². The van der Waals surface area contributed by atoms with E-state index in [-0.39, 0.29) is 11.3 Å². The number of aromatic nitrogens is 1. The summed E-state index contributed by atoms with van der Waals surface area (Å²) in [5, 5.41) is 0.898. The van der Waals surface area contributed by atoms with Crippen LogP contribution in [0.15, 0.2) is 112 Å². The van der Waals surface area contributed by atoms with Crippen molar-refractivity contribution in [2.75, 3.05) is 33.2 Å².